The maximum Gasteiger partial charge on any atom is 0.251 e. The van der Waals surface area contributed by atoms with Crippen LogP contribution in [0.15, 0.2) is 47.4 Å². The number of carbonyl (C=O) groups is 1. The van der Waals surface area contributed by atoms with Crippen molar-refractivity contribution in [3.05, 3.63) is 59.4 Å². The zero-order chi connectivity index (χ0) is 21.9. The van der Waals surface area contributed by atoms with Crippen LogP contribution in [0.2, 0.25) is 0 Å². The Hall–Kier alpha value is -2.71. The molecule has 1 amide bonds. The fourth-order valence-corrected chi connectivity index (χ4v) is 5.03. The topological polar surface area (TPSA) is 66.9 Å². The van der Waals surface area contributed by atoms with Crippen LogP contribution in [0.4, 0.5) is 10.1 Å². The van der Waals surface area contributed by atoms with Gasteiger partial charge in [-0.25, -0.2) is 12.8 Å². The second-order valence-corrected chi connectivity index (χ2v) is 8.78. The number of methoxy groups -OCH3 is 1. The highest BCUT2D eigenvalue weighted by Gasteiger charge is 2.27. The molecule has 8 heteroatoms. The highest BCUT2D eigenvalue weighted by molar-refractivity contribution is 7.89. The quantitative estimate of drug-likeness (QED) is 0.629. The molecule has 6 nitrogen and oxygen atoms in total. The van der Waals surface area contributed by atoms with Gasteiger partial charge in [-0.05, 0) is 54.0 Å². The molecule has 0 bridgehead atoms. The van der Waals surface area contributed by atoms with Gasteiger partial charge in [-0.2, -0.15) is 4.31 Å². The fraction of sp³-hybridized carbons (Fsp3) is 0.318. The lowest BCUT2D eigenvalue weighted by molar-refractivity contribution is -0.114. The second-order valence-electron chi connectivity index (χ2n) is 6.85. The predicted molar refractivity (Wildman–Crippen MR) is 115 cm³/mol. The number of hydrogen-bond acceptors (Lipinski definition) is 4. The number of halogens is 1. The summed E-state index contributed by atoms with van der Waals surface area (Å²) in [5.74, 6) is -0.604. The lowest BCUT2D eigenvalue weighted by atomic mass is 10.1. The van der Waals surface area contributed by atoms with E-state index in [-0.39, 0.29) is 16.6 Å². The molecular formula is C22H25FN2O4S. The Bertz CT molecular complexity index is 1080. The first-order valence-electron chi connectivity index (χ1n) is 9.78. The molecule has 0 N–H and O–H groups in total. The lowest BCUT2D eigenvalue weighted by Crippen LogP contribution is -2.30. The average molecular weight is 433 g/mol. The van der Waals surface area contributed by atoms with E-state index in [9.17, 15) is 17.6 Å². The van der Waals surface area contributed by atoms with Gasteiger partial charge in [-0.1, -0.05) is 19.9 Å². The summed E-state index contributed by atoms with van der Waals surface area (Å²) in [5, 5.41) is 0. The van der Waals surface area contributed by atoms with Crippen LogP contribution in [0.1, 0.15) is 25.0 Å². The van der Waals surface area contributed by atoms with Crippen LogP contribution >= 0.6 is 0 Å². The number of hydrogen-bond donors (Lipinski definition) is 0. The Balaban J connectivity index is 1.80. The smallest absolute Gasteiger partial charge is 0.251 e. The largest absolute Gasteiger partial charge is 0.494 e. The van der Waals surface area contributed by atoms with Crippen molar-refractivity contribution in [1.82, 2.24) is 4.31 Å². The van der Waals surface area contributed by atoms with E-state index in [0.717, 1.165) is 5.56 Å². The van der Waals surface area contributed by atoms with Crippen LogP contribution in [0.3, 0.4) is 0 Å². The number of carbonyl (C=O) groups excluding carboxylic acids is 1. The monoisotopic (exact) mass is 432 g/mol. The minimum atomic E-state index is -3.55. The lowest BCUT2D eigenvalue weighted by Gasteiger charge is -2.19. The maximum atomic E-state index is 13.8. The van der Waals surface area contributed by atoms with Gasteiger partial charge in [0.1, 0.15) is 0 Å². The summed E-state index contributed by atoms with van der Waals surface area (Å²) in [6.07, 6.45) is 3.51. The van der Waals surface area contributed by atoms with Gasteiger partial charge in [0.25, 0.3) is 5.91 Å². The third-order valence-corrected chi connectivity index (χ3v) is 7.20. The van der Waals surface area contributed by atoms with E-state index in [2.05, 4.69) is 0 Å². The van der Waals surface area contributed by atoms with Gasteiger partial charge >= 0.3 is 0 Å². The summed E-state index contributed by atoms with van der Waals surface area (Å²) < 4.78 is 45.6. The first-order chi connectivity index (χ1) is 14.3. The molecule has 0 fully saturated rings. The van der Waals surface area contributed by atoms with Crippen molar-refractivity contribution in [2.75, 3.05) is 31.6 Å². The first-order valence-corrected chi connectivity index (χ1v) is 11.2. The number of benzene rings is 2. The molecule has 2 aromatic rings. The molecule has 0 aromatic heterocycles. The number of amides is 1. The molecule has 0 spiro atoms. The van der Waals surface area contributed by atoms with Gasteiger partial charge in [0.15, 0.2) is 11.6 Å². The molecule has 160 valence electrons. The van der Waals surface area contributed by atoms with E-state index < -0.39 is 15.8 Å². The summed E-state index contributed by atoms with van der Waals surface area (Å²) in [4.78, 5) is 14.5. The standard InChI is InChI=1S/C22H25FN2O4S/c1-4-24(5-2)30(27,28)18-8-9-20-17(15-18)12-13-25(20)22(26)11-7-16-6-10-21(29-3)19(23)14-16/h6-11,14-15H,4-5,12-13H2,1-3H3/b11-7+. The van der Waals surface area contributed by atoms with E-state index >= 15 is 0 Å². The van der Waals surface area contributed by atoms with Gasteiger partial charge in [0.2, 0.25) is 10.0 Å². The van der Waals surface area contributed by atoms with E-state index in [0.29, 0.717) is 37.3 Å². The number of nitrogens with zero attached hydrogens (tertiary/aromatic N) is 2. The maximum absolute atomic E-state index is 13.8. The van der Waals surface area contributed by atoms with E-state index in [1.54, 1.807) is 49.1 Å². The van der Waals surface area contributed by atoms with E-state index in [1.807, 2.05) is 0 Å². The minimum absolute atomic E-state index is 0.141. The van der Waals surface area contributed by atoms with Crippen molar-refractivity contribution in [3.8, 4) is 5.75 Å². The summed E-state index contributed by atoms with van der Waals surface area (Å²) in [7, 11) is -2.16. The summed E-state index contributed by atoms with van der Waals surface area (Å²) in [6, 6.07) is 9.33. The molecule has 0 aliphatic carbocycles. The summed E-state index contributed by atoms with van der Waals surface area (Å²) in [5.41, 5.74) is 2.06. The zero-order valence-electron chi connectivity index (χ0n) is 17.3. The van der Waals surface area contributed by atoms with Gasteiger partial charge in [-0.15, -0.1) is 0 Å². The Labute approximate surface area is 176 Å². The molecule has 0 atom stereocenters. The highest BCUT2D eigenvalue weighted by Crippen LogP contribution is 2.31. The van der Waals surface area contributed by atoms with Crippen molar-refractivity contribution in [1.29, 1.82) is 0 Å². The highest BCUT2D eigenvalue weighted by atomic mass is 32.2. The van der Waals surface area contributed by atoms with Crippen LogP contribution in [0.5, 0.6) is 5.75 Å². The van der Waals surface area contributed by atoms with Gasteiger partial charge in [0, 0.05) is 31.4 Å². The van der Waals surface area contributed by atoms with Gasteiger partial charge in [0.05, 0.1) is 12.0 Å². The van der Waals surface area contributed by atoms with Crippen LogP contribution in [0.25, 0.3) is 6.08 Å². The second kappa shape index (κ2) is 8.97. The van der Waals surface area contributed by atoms with Crippen LogP contribution in [0, 0.1) is 5.82 Å². The molecule has 0 radical (unpaired) electrons. The molecule has 0 saturated carbocycles. The van der Waals surface area contributed by atoms with Crippen LogP contribution < -0.4 is 9.64 Å². The number of anilines is 1. The summed E-state index contributed by atoms with van der Waals surface area (Å²) in [6.45, 7) is 4.87. The molecule has 30 heavy (non-hydrogen) atoms. The van der Waals surface area contributed by atoms with Crippen molar-refractivity contribution < 1.29 is 22.3 Å². The molecule has 1 heterocycles. The number of fused-ring (bicyclic) bond motifs is 1. The normalized spacial score (nSPS) is 13.8. The molecular weight excluding hydrogens is 407 g/mol. The minimum Gasteiger partial charge on any atom is -0.494 e. The van der Waals surface area contributed by atoms with Crippen LogP contribution in [-0.2, 0) is 21.2 Å². The third-order valence-electron chi connectivity index (χ3n) is 5.15. The first kappa shape index (κ1) is 22.0. The van der Waals surface area contributed by atoms with Crippen molar-refractivity contribution in [2.24, 2.45) is 0 Å². The molecule has 0 unspecified atom stereocenters. The third kappa shape index (κ3) is 4.24. The fourth-order valence-electron chi connectivity index (χ4n) is 3.52. The summed E-state index contributed by atoms with van der Waals surface area (Å²) >= 11 is 0. The molecule has 1 aliphatic heterocycles. The van der Waals surface area contributed by atoms with Crippen molar-refractivity contribution in [3.63, 3.8) is 0 Å². The molecule has 1 aliphatic rings. The Morgan fingerprint density at radius 2 is 1.93 bits per heavy atom. The number of rotatable bonds is 7. The van der Waals surface area contributed by atoms with E-state index in [1.165, 1.54) is 29.6 Å². The number of ether oxygens (including phenoxy) is 1. The van der Waals surface area contributed by atoms with E-state index in [4.69, 9.17) is 4.74 Å². The van der Waals surface area contributed by atoms with Gasteiger partial charge < -0.3 is 9.64 Å². The van der Waals surface area contributed by atoms with Gasteiger partial charge in [-0.3, -0.25) is 4.79 Å². The molecule has 2 aromatic carbocycles. The number of sulfonamides is 1. The molecule has 3 rings (SSSR count). The Kier molecular flexibility index (Phi) is 6.58. The average Bonchev–Trinajstić information content (AvgIpc) is 3.16. The zero-order valence-corrected chi connectivity index (χ0v) is 18.1. The van der Waals surface area contributed by atoms with Crippen LogP contribution in [-0.4, -0.2) is 45.4 Å². The Morgan fingerprint density at radius 1 is 1.20 bits per heavy atom. The molecule has 0 saturated heterocycles. The van der Waals surface area contributed by atoms with Crippen molar-refractivity contribution in [2.45, 2.75) is 25.2 Å². The SMILES string of the molecule is CCN(CC)S(=O)(=O)c1ccc2c(c1)CCN2C(=O)/C=C/c1ccc(OC)c(F)c1. The Morgan fingerprint density at radius 3 is 2.57 bits per heavy atom. The van der Waals surface area contributed by atoms with Crippen molar-refractivity contribution >= 4 is 27.7 Å². The predicted octanol–water partition coefficient (Wildman–Crippen LogP) is 3.47.